The molecule has 0 bridgehead atoms. The minimum absolute atomic E-state index is 0.0428. The predicted molar refractivity (Wildman–Crippen MR) is 116 cm³/mol. The van der Waals surface area contributed by atoms with E-state index >= 15 is 0 Å². The molecule has 4 rings (SSSR count). The van der Waals surface area contributed by atoms with Crippen molar-refractivity contribution < 1.29 is 19.4 Å². The normalized spacial score (nSPS) is 19.0. The monoisotopic (exact) mass is 421 g/mol. The zero-order valence-corrected chi connectivity index (χ0v) is 17.4. The van der Waals surface area contributed by atoms with Crippen LogP contribution in [0.15, 0.2) is 42.5 Å². The number of nitrogens with one attached hydrogen (secondary N) is 1. The van der Waals surface area contributed by atoms with Crippen molar-refractivity contribution in [2.45, 2.75) is 37.8 Å². The fraction of sp³-hybridized carbons (Fsp3) is 0.417. The molecule has 2 aliphatic rings. The molecule has 2 heterocycles. The Hall–Kier alpha value is -3.08. The molecule has 2 atom stereocenters. The van der Waals surface area contributed by atoms with E-state index in [1.54, 1.807) is 24.3 Å². The highest BCUT2D eigenvalue weighted by Crippen LogP contribution is 2.28. The Bertz CT molecular complexity index is 954. The standard InChI is InChI=1S/C24H27N3O4/c25-14-17-4-7-21(8-5-17)31-16-20(28)15-27-11-2-1-3-22(27)24(29)26-19-6-9-23-18(13-19)10-12-30-23/h4-9,13,20,22,28H,1-3,10-12,15-16H2,(H,26,29). The van der Waals surface area contributed by atoms with Crippen LogP contribution in [0.25, 0.3) is 0 Å². The second-order valence-electron chi connectivity index (χ2n) is 8.02. The summed E-state index contributed by atoms with van der Waals surface area (Å²) in [4.78, 5) is 15.0. The molecule has 0 radical (unpaired) electrons. The van der Waals surface area contributed by atoms with Gasteiger partial charge in [0.1, 0.15) is 24.2 Å². The van der Waals surface area contributed by atoms with Crippen molar-refractivity contribution in [3.05, 3.63) is 53.6 Å². The second kappa shape index (κ2) is 9.82. The highest BCUT2D eigenvalue weighted by atomic mass is 16.5. The number of nitriles is 1. The molecule has 2 aliphatic heterocycles. The SMILES string of the molecule is N#Cc1ccc(OCC(O)CN2CCCCC2C(=O)Nc2ccc3c(c2)CCO3)cc1. The van der Waals surface area contributed by atoms with Crippen LogP contribution in [0.5, 0.6) is 11.5 Å². The molecular formula is C24H27N3O4. The van der Waals surface area contributed by atoms with E-state index in [9.17, 15) is 9.90 Å². The summed E-state index contributed by atoms with van der Waals surface area (Å²) in [5.74, 6) is 1.45. The number of amides is 1. The molecule has 0 saturated carbocycles. The number of hydrogen-bond acceptors (Lipinski definition) is 6. The fourth-order valence-electron chi connectivity index (χ4n) is 4.14. The number of carbonyl (C=O) groups is 1. The zero-order valence-electron chi connectivity index (χ0n) is 17.4. The molecule has 1 fully saturated rings. The highest BCUT2D eigenvalue weighted by Gasteiger charge is 2.30. The van der Waals surface area contributed by atoms with Crippen LogP contribution in [0.4, 0.5) is 5.69 Å². The number of likely N-dealkylation sites (tertiary alicyclic amines) is 1. The molecule has 0 aromatic heterocycles. The van der Waals surface area contributed by atoms with Gasteiger partial charge in [-0.15, -0.1) is 0 Å². The van der Waals surface area contributed by atoms with Crippen LogP contribution < -0.4 is 14.8 Å². The van der Waals surface area contributed by atoms with Gasteiger partial charge in [-0.1, -0.05) is 6.42 Å². The summed E-state index contributed by atoms with van der Waals surface area (Å²) >= 11 is 0. The minimum Gasteiger partial charge on any atom is -0.493 e. The van der Waals surface area contributed by atoms with Gasteiger partial charge in [-0.3, -0.25) is 9.69 Å². The van der Waals surface area contributed by atoms with Gasteiger partial charge in [-0.2, -0.15) is 5.26 Å². The summed E-state index contributed by atoms with van der Waals surface area (Å²) in [5.41, 5.74) is 2.46. The fourth-order valence-corrected chi connectivity index (χ4v) is 4.14. The van der Waals surface area contributed by atoms with Crippen molar-refractivity contribution in [2.75, 3.05) is 31.6 Å². The Labute approximate surface area is 182 Å². The summed E-state index contributed by atoms with van der Waals surface area (Å²) in [5, 5.41) is 22.4. The molecule has 1 saturated heterocycles. The lowest BCUT2D eigenvalue weighted by atomic mass is 10.0. The lowest BCUT2D eigenvalue weighted by molar-refractivity contribution is -0.123. The average molecular weight is 421 g/mol. The van der Waals surface area contributed by atoms with E-state index in [0.29, 0.717) is 24.5 Å². The first kappa shape index (κ1) is 21.2. The summed E-state index contributed by atoms with van der Waals surface area (Å²) < 4.78 is 11.2. The summed E-state index contributed by atoms with van der Waals surface area (Å²) in [7, 11) is 0. The first-order valence-electron chi connectivity index (χ1n) is 10.7. The summed E-state index contributed by atoms with van der Waals surface area (Å²) in [6.45, 7) is 1.95. The number of fused-ring (bicyclic) bond motifs is 1. The molecule has 2 aromatic rings. The van der Waals surface area contributed by atoms with Crippen molar-refractivity contribution in [1.82, 2.24) is 4.90 Å². The Morgan fingerprint density at radius 1 is 1.29 bits per heavy atom. The average Bonchev–Trinajstić information content (AvgIpc) is 3.26. The maximum Gasteiger partial charge on any atom is 0.241 e. The van der Waals surface area contributed by atoms with Gasteiger partial charge in [0.25, 0.3) is 0 Å². The molecule has 0 aliphatic carbocycles. The molecule has 1 amide bonds. The summed E-state index contributed by atoms with van der Waals surface area (Å²) in [6, 6.07) is 14.3. The number of piperidine rings is 1. The van der Waals surface area contributed by atoms with Gasteiger partial charge in [0, 0.05) is 18.7 Å². The molecule has 0 spiro atoms. The number of aliphatic hydroxyl groups excluding tert-OH is 1. The van der Waals surface area contributed by atoms with Gasteiger partial charge in [0.15, 0.2) is 0 Å². The van der Waals surface area contributed by atoms with Gasteiger partial charge >= 0.3 is 0 Å². The van der Waals surface area contributed by atoms with Crippen LogP contribution in [0.3, 0.4) is 0 Å². The lowest BCUT2D eigenvalue weighted by Gasteiger charge is -2.35. The number of nitrogens with zero attached hydrogens (tertiary/aromatic N) is 2. The number of ether oxygens (including phenoxy) is 2. The molecule has 2 unspecified atom stereocenters. The topological polar surface area (TPSA) is 94.8 Å². The Balaban J connectivity index is 1.32. The van der Waals surface area contributed by atoms with E-state index in [2.05, 4.69) is 11.4 Å². The number of anilines is 1. The smallest absolute Gasteiger partial charge is 0.241 e. The van der Waals surface area contributed by atoms with Crippen molar-refractivity contribution >= 4 is 11.6 Å². The van der Waals surface area contributed by atoms with Crippen molar-refractivity contribution in [1.29, 1.82) is 5.26 Å². The Morgan fingerprint density at radius 3 is 2.94 bits per heavy atom. The van der Waals surface area contributed by atoms with Crippen LogP contribution in [0.1, 0.15) is 30.4 Å². The van der Waals surface area contributed by atoms with Crippen molar-refractivity contribution in [2.24, 2.45) is 0 Å². The third-order valence-corrected chi connectivity index (χ3v) is 5.74. The number of benzene rings is 2. The van der Waals surface area contributed by atoms with Gasteiger partial charge in [0.05, 0.1) is 24.3 Å². The zero-order chi connectivity index (χ0) is 21.6. The number of β-amino-alcohol motifs (C(OH)–C–C–N with tert-alkyl or cyclic N) is 1. The Morgan fingerprint density at radius 2 is 2.13 bits per heavy atom. The van der Waals surface area contributed by atoms with E-state index in [4.69, 9.17) is 14.7 Å². The number of rotatable bonds is 7. The van der Waals surface area contributed by atoms with E-state index in [1.807, 2.05) is 23.1 Å². The minimum atomic E-state index is -0.721. The van der Waals surface area contributed by atoms with Gasteiger partial charge in [0.2, 0.25) is 5.91 Å². The molecule has 7 nitrogen and oxygen atoms in total. The van der Waals surface area contributed by atoms with Crippen LogP contribution in [-0.2, 0) is 11.2 Å². The van der Waals surface area contributed by atoms with Gasteiger partial charge in [-0.05, 0) is 67.4 Å². The lowest BCUT2D eigenvalue weighted by Crippen LogP contribution is -2.50. The van der Waals surface area contributed by atoms with E-state index in [-0.39, 0.29) is 18.6 Å². The molecule has 2 aromatic carbocycles. The molecular weight excluding hydrogens is 394 g/mol. The second-order valence-corrected chi connectivity index (χ2v) is 8.02. The van der Waals surface area contributed by atoms with Gasteiger partial charge in [-0.25, -0.2) is 0 Å². The molecule has 31 heavy (non-hydrogen) atoms. The number of aliphatic hydroxyl groups is 1. The first-order valence-corrected chi connectivity index (χ1v) is 10.7. The first-order chi connectivity index (χ1) is 15.1. The van der Waals surface area contributed by atoms with E-state index in [1.165, 1.54) is 0 Å². The van der Waals surface area contributed by atoms with E-state index in [0.717, 1.165) is 49.2 Å². The van der Waals surface area contributed by atoms with Crippen molar-refractivity contribution in [3.8, 4) is 17.6 Å². The highest BCUT2D eigenvalue weighted by molar-refractivity contribution is 5.95. The number of carbonyl (C=O) groups excluding carboxylic acids is 1. The van der Waals surface area contributed by atoms with Crippen LogP contribution >= 0.6 is 0 Å². The largest absolute Gasteiger partial charge is 0.493 e. The van der Waals surface area contributed by atoms with Crippen molar-refractivity contribution in [3.63, 3.8) is 0 Å². The Kier molecular flexibility index (Phi) is 6.70. The number of hydrogen-bond donors (Lipinski definition) is 2. The predicted octanol–water partition coefficient (Wildman–Crippen LogP) is 2.73. The van der Waals surface area contributed by atoms with E-state index < -0.39 is 6.10 Å². The van der Waals surface area contributed by atoms with Crippen LogP contribution in [0, 0.1) is 11.3 Å². The maximum atomic E-state index is 13.0. The summed E-state index contributed by atoms with van der Waals surface area (Å²) in [6.07, 6.45) is 2.90. The van der Waals surface area contributed by atoms with Crippen LogP contribution in [-0.4, -0.2) is 54.4 Å². The third kappa shape index (κ3) is 5.35. The third-order valence-electron chi connectivity index (χ3n) is 5.74. The molecule has 2 N–H and O–H groups in total. The molecule has 7 heteroatoms. The molecule has 162 valence electrons. The maximum absolute atomic E-state index is 13.0. The van der Waals surface area contributed by atoms with Gasteiger partial charge < -0.3 is 19.9 Å². The van der Waals surface area contributed by atoms with Crippen LogP contribution in [0.2, 0.25) is 0 Å². The quantitative estimate of drug-likeness (QED) is 0.714.